The first-order valence-electron chi connectivity index (χ1n) is 12.9. The molecule has 4 rings (SSSR count). The lowest BCUT2D eigenvalue weighted by molar-refractivity contribution is -0.152. The zero-order chi connectivity index (χ0) is 33.2. The van der Waals surface area contributed by atoms with Gasteiger partial charge in [-0.25, -0.2) is 14.4 Å². The van der Waals surface area contributed by atoms with Crippen LogP contribution in [-0.2, 0) is 15.6 Å². The highest BCUT2D eigenvalue weighted by Gasteiger charge is 2.67. The summed E-state index contributed by atoms with van der Waals surface area (Å²) in [6.45, 7) is -3.57. The average Bonchev–Trinajstić information content (AvgIpc) is 3.05. The summed E-state index contributed by atoms with van der Waals surface area (Å²) in [6, 6.07) is 3.23. The third-order valence-corrected chi connectivity index (χ3v) is 8.01. The summed E-state index contributed by atoms with van der Waals surface area (Å²) in [5.74, 6) is -6.72. The predicted octanol–water partition coefficient (Wildman–Crippen LogP) is -0.324. The van der Waals surface area contributed by atoms with Crippen LogP contribution < -0.4 is 0 Å². The quantitative estimate of drug-likeness (QED) is 0.128. The molecule has 1 aliphatic heterocycles. The minimum atomic E-state index is -2.90. The molecule has 45 heavy (non-hydrogen) atoms. The molecule has 3 aromatic rings. The van der Waals surface area contributed by atoms with Gasteiger partial charge in [0.05, 0.1) is 59.1 Å². The molecule has 0 aromatic carbocycles. The van der Waals surface area contributed by atoms with Gasteiger partial charge in [0.25, 0.3) is 0 Å². The van der Waals surface area contributed by atoms with Crippen molar-refractivity contribution in [2.75, 3.05) is 19.8 Å². The number of hydrogen-bond donors (Lipinski definition) is 8. The molecule has 16 nitrogen and oxygen atoms in total. The van der Waals surface area contributed by atoms with Crippen LogP contribution in [0.3, 0.4) is 0 Å². The fourth-order valence-electron chi connectivity index (χ4n) is 5.67. The minimum Gasteiger partial charge on any atom is -0.480 e. The van der Waals surface area contributed by atoms with Crippen molar-refractivity contribution >= 4 is 35.8 Å². The molecule has 3 atom stereocenters. The van der Waals surface area contributed by atoms with Gasteiger partial charge in [-0.1, -0.05) is 0 Å². The van der Waals surface area contributed by atoms with E-state index in [2.05, 4.69) is 19.9 Å². The Morgan fingerprint density at radius 1 is 0.711 bits per heavy atom. The van der Waals surface area contributed by atoms with E-state index in [1.807, 2.05) is 0 Å². The van der Waals surface area contributed by atoms with E-state index in [0.717, 1.165) is 49.2 Å². The summed E-state index contributed by atoms with van der Waals surface area (Å²) in [7, 11) is 0. The first-order valence-corrected chi connectivity index (χ1v) is 12.9. The number of aliphatic hydroxyl groups is 4. The van der Waals surface area contributed by atoms with E-state index in [1.54, 1.807) is 0 Å². The number of aromatic nitrogens is 3. The van der Waals surface area contributed by atoms with E-state index in [-0.39, 0.29) is 11.3 Å². The molecule has 0 fully saturated rings. The number of carboxylic acids is 4. The molecule has 8 N–H and O–H groups in total. The molecule has 3 unspecified atom stereocenters. The van der Waals surface area contributed by atoms with E-state index in [0.29, 0.717) is 6.21 Å². The lowest BCUT2D eigenvalue weighted by Crippen LogP contribution is -2.67. The number of aliphatic hydroxyl groups excluding tert-OH is 4. The Kier molecular flexibility index (Phi) is 8.87. The number of aliphatic imine (C=N–C) groups is 1. The largest absolute Gasteiger partial charge is 0.480 e. The van der Waals surface area contributed by atoms with Crippen molar-refractivity contribution in [2.24, 2.45) is 10.4 Å². The van der Waals surface area contributed by atoms with Gasteiger partial charge in [-0.3, -0.25) is 24.7 Å². The Morgan fingerprint density at radius 3 is 1.67 bits per heavy atom. The Bertz CT molecular complexity index is 1730. The number of carbonyl (C=O) groups is 4. The molecule has 0 radical (unpaired) electrons. The zero-order valence-electron chi connectivity index (χ0n) is 23.0. The number of nitrogens with zero attached hydrogens (tertiary/aromatic N) is 4. The maximum atomic E-state index is 13.7. The van der Waals surface area contributed by atoms with Crippen LogP contribution in [0.4, 0.5) is 0 Å². The van der Waals surface area contributed by atoms with Gasteiger partial charge in [0.15, 0.2) is 0 Å². The lowest BCUT2D eigenvalue weighted by atomic mass is 9.49. The lowest BCUT2D eigenvalue weighted by Gasteiger charge is -2.54. The molecule has 0 saturated carbocycles. The molecule has 0 aliphatic carbocycles. The third kappa shape index (κ3) is 4.91. The molecule has 234 valence electrons. The van der Waals surface area contributed by atoms with Crippen LogP contribution in [0.1, 0.15) is 47.8 Å². The third-order valence-electron chi connectivity index (χ3n) is 8.01. The molecule has 1 aliphatic rings. The van der Waals surface area contributed by atoms with Gasteiger partial charge in [0.2, 0.25) is 0 Å². The van der Waals surface area contributed by atoms with Gasteiger partial charge in [-0.2, -0.15) is 0 Å². The number of aromatic carboxylic acids is 3. The molecule has 0 amide bonds. The van der Waals surface area contributed by atoms with Crippen molar-refractivity contribution in [3.63, 3.8) is 0 Å². The molecule has 0 saturated heterocycles. The van der Waals surface area contributed by atoms with Gasteiger partial charge in [-0.15, -0.1) is 0 Å². The Labute approximate surface area is 253 Å². The van der Waals surface area contributed by atoms with Gasteiger partial charge >= 0.3 is 23.9 Å². The normalized spacial score (nSPS) is 20.2. The molecule has 3 aromatic heterocycles. The molecule has 16 heteroatoms. The summed E-state index contributed by atoms with van der Waals surface area (Å²) in [5.41, 5.74) is -11.5. The SMILES string of the molecule is O=C(O)c1cnccc1C1=CC(c2ccncc2C(=O)O)(C(O)C(CO)(CO)CO)C(C(=O)O)(c2ccncc2C(=O)O)C=N1. The van der Waals surface area contributed by atoms with Crippen molar-refractivity contribution in [2.45, 2.75) is 16.9 Å². The topological polar surface area (TPSA) is 281 Å². The number of pyridine rings is 3. The van der Waals surface area contributed by atoms with Crippen LogP contribution in [-0.4, -0.2) is 112 Å². The van der Waals surface area contributed by atoms with Crippen molar-refractivity contribution in [1.82, 2.24) is 15.0 Å². The summed E-state index contributed by atoms with van der Waals surface area (Å²) < 4.78 is 0. The Hall–Kier alpha value is -5.42. The van der Waals surface area contributed by atoms with E-state index in [1.165, 1.54) is 12.3 Å². The van der Waals surface area contributed by atoms with Crippen LogP contribution in [0, 0.1) is 5.41 Å². The fraction of sp³-hybridized carbons (Fsp3) is 0.241. The molecule has 0 bridgehead atoms. The number of rotatable bonds is 12. The first kappa shape index (κ1) is 32.5. The molecular formula is C29H26N4O12. The van der Waals surface area contributed by atoms with Gasteiger partial charge in [0.1, 0.15) is 5.41 Å². The van der Waals surface area contributed by atoms with E-state index in [9.17, 15) is 60.0 Å². The predicted molar refractivity (Wildman–Crippen MR) is 151 cm³/mol. The number of aliphatic carboxylic acids is 1. The average molecular weight is 623 g/mol. The van der Waals surface area contributed by atoms with Crippen LogP contribution in [0.5, 0.6) is 0 Å². The highest BCUT2D eigenvalue weighted by Crippen LogP contribution is 2.56. The Balaban J connectivity index is 2.37. The number of carboxylic acid groups (broad SMARTS) is 4. The molecule has 4 heterocycles. The van der Waals surface area contributed by atoms with Gasteiger partial charge < -0.3 is 40.9 Å². The van der Waals surface area contributed by atoms with Crippen LogP contribution in [0.15, 0.2) is 66.4 Å². The first-order chi connectivity index (χ1) is 21.4. The van der Waals surface area contributed by atoms with Crippen molar-refractivity contribution in [1.29, 1.82) is 0 Å². The second-order valence-electron chi connectivity index (χ2n) is 10.2. The van der Waals surface area contributed by atoms with Crippen molar-refractivity contribution in [3.8, 4) is 0 Å². The minimum absolute atomic E-state index is 0.175. The van der Waals surface area contributed by atoms with Crippen LogP contribution >= 0.6 is 0 Å². The maximum absolute atomic E-state index is 13.7. The highest BCUT2D eigenvalue weighted by atomic mass is 16.4. The maximum Gasteiger partial charge on any atom is 0.337 e. The monoisotopic (exact) mass is 622 g/mol. The van der Waals surface area contributed by atoms with E-state index < -0.39 is 93.9 Å². The molecular weight excluding hydrogens is 596 g/mol. The van der Waals surface area contributed by atoms with E-state index in [4.69, 9.17) is 0 Å². The van der Waals surface area contributed by atoms with Crippen molar-refractivity contribution in [3.05, 3.63) is 94.8 Å². The zero-order valence-corrected chi connectivity index (χ0v) is 23.0. The summed E-state index contributed by atoms with van der Waals surface area (Å²) in [4.78, 5) is 66.5. The van der Waals surface area contributed by atoms with Crippen molar-refractivity contribution < 1.29 is 60.0 Å². The second kappa shape index (κ2) is 12.3. The van der Waals surface area contributed by atoms with Crippen LogP contribution in [0.2, 0.25) is 0 Å². The van der Waals surface area contributed by atoms with E-state index >= 15 is 0 Å². The standard InChI is InChI=1S/C29H26N4O12/c34-12-27(13-35,14-36)25(43)28(19-2-5-31-9-17(19)23(39)40)7-21(15-1-4-30-8-16(15)22(37)38)33-11-29(28,26(44)45)20-3-6-32-10-18(20)24(41)42/h1-11,25,34-36,43H,12-14H2,(H,37,38)(H,39,40)(H,41,42)(H,44,45). The second-order valence-corrected chi connectivity index (χ2v) is 10.2. The highest BCUT2D eigenvalue weighted by molar-refractivity contribution is 6.10. The summed E-state index contributed by atoms with van der Waals surface area (Å²) >= 11 is 0. The summed E-state index contributed by atoms with van der Waals surface area (Å²) in [5, 5.41) is 85.0. The van der Waals surface area contributed by atoms with Crippen LogP contribution in [0.25, 0.3) is 5.70 Å². The number of hydrogen-bond acceptors (Lipinski definition) is 12. The summed E-state index contributed by atoms with van der Waals surface area (Å²) in [6.07, 6.45) is 5.08. The van der Waals surface area contributed by atoms with Gasteiger partial charge in [-0.05, 0) is 35.4 Å². The Morgan fingerprint density at radius 2 is 1.18 bits per heavy atom. The smallest absolute Gasteiger partial charge is 0.337 e. The fourth-order valence-corrected chi connectivity index (χ4v) is 5.67. The molecule has 0 spiro atoms. The van der Waals surface area contributed by atoms with Gasteiger partial charge in [0, 0.05) is 49.0 Å².